The molecule has 5 nitrogen and oxygen atoms in total. The molecule has 1 aromatic carbocycles. The Morgan fingerprint density at radius 2 is 2.13 bits per heavy atom. The van der Waals surface area contributed by atoms with E-state index >= 15 is 0 Å². The zero-order valence-corrected chi connectivity index (χ0v) is 12.3. The largest absolute Gasteiger partial charge is 0.573 e. The Kier molecular flexibility index (Phi) is 4.09. The molecule has 0 radical (unpaired) electrons. The van der Waals surface area contributed by atoms with Gasteiger partial charge in [-0.1, -0.05) is 12.1 Å². The van der Waals surface area contributed by atoms with Gasteiger partial charge in [0, 0.05) is 6.61 Å². The number of hydrogen-bond acceptors (Lipinski definition) is 3. The second-order valence-corrected chi connectivity index (χ2v) is 5.82. The molecule has 0 spiro atoms. The lowest BCUT2D eigenvalue weighted by Crippen LogP contribution is -2.46. The number of ether oxygens (including phenoxy) is 2. The summed E-state index contributed by atoms with van der Waals surface area (Å²) in [5, 5.41) is 5.67. The SMILES string of the molecule is O=C(N[C@@H]1CCOC1)NC1(c2cccc(OC(F)(F)F)c2)CC1. The maximum absolute atomic E-state index is 12.3. The predicted molar refractivity (Wildman–Crippen MR) is 74.9 cm³/mol. The van der Waals surface area contributed by atoms with E-state index in [1.807, 2.05) is 0 Å². The summed E-state index contributed by atoms with van der Waals surface area (Å²) in [6.45, 7) is 1.10. The lowest BCUT2D eigenvalue weighted by molar-refractivity contribution is -0.274. The van der Waals surface area contributed by atoms with Crippen LogP contribution in [-0.2, 0) is 10.3 Å². The first-order valence-corrected chi connectivity index (χ1v) is 7.39. The van der Waals surface area contributed by atoms with Crippen molar-refractivity contribution in [1.29, 1.82) is 0 Å². The second kappa shape index (κ2) is 5.92. The summed E-state index contributed by atoms with van der Waals surface area (Å²) in [5.41, 5.74) is -0.00815. The molecule has 2 aliphatic rings. The molecule has 2 N–H and O–H groups in total. The lowest BCUT2D eigenvalue weighted by Gasteiger charge is -2.21. The van der Waals surface area contributed by atoms with Gasteiger partial charge in [-0.2, -0.15) is 0 Å². The van der Waals surface area contributed by atoms with Crippen LogP contribution in [0.15, 0.2) is 24.3 Å². The van der Waals surface area contributed by atoms with Gasteiger partial charge in [-0.05, 0) is 37.0 Å². The Morgan fingerprint density at radius 3 is 2.74 bits per heavy atom. The fourth-order valence-electron chi connectivity index (χ4n) is 2.69. The number of nitrogens with one attached hydrogen (secondary N) is 2. The third-order valence-electron chi connectivity index (χ3n) is 3.99. The fourth-order valence-corrected chi connectivity index (χ4v) is 2.69. The Bertz CT molecular complexity index is 582. The number of amides is 2. The highest BCUT2D eigenvalue weighted by molar-refractivity contribution is 5.76. The number of halogens is 3. The smallest absolute Gasteiger partial charge is 0.406 e. The molecule has 8 heteroatoms. The van der Waals surface area contributed by atoms with Gasteiger partial charge in [0.1, 0.15) is 5.75 Å². The molecule has 0 aromatic heterocycles. The molecule has 3 rings (SSSR count). The maximum Gasteiger partial charge on any atom is 0.573 e. The molecule has 1 heterocycles. The van der Waals surface area contributed by atoms with Crippen molar-refractivity contribution in [3.63, 3.8) is 0 Å². The van der Waals surface area contributed by atoms with Gasteiger partial charge < -0.3 is 20.1 Å². The average molecular weight is 330 g/mol. The van der Waals surface area contributed by atoms with Crippen LogP contribution in [0.2, 0.25) is 0 Å². The van der Waals surface area contributed by atoms with Crippen LogP contribution in [0.1, 0.15) is 24.8 Å². The molecule has 1 aliphatic heterocycles. The Morgan fingerprint density at radius 1 is 1.35 bits per heavy atom. The average Bonchev–Trinajstić information content (AvgIpc) is 3.04. The van der Waals surface area contributed by atoms with E-state index in [0.29, 0.717) is 31.6 Å². The minimum absolute atomic E-state index is 0.0225. The molecule has 2 fully saturated rings. The van der Waals surface area contributed by atoms with Crippen molar-refractivity contribution in [1.82, 2.24) is 10.6 Å². The molecule has 1 aromatic rings. The highest BCUT2D eigenvalue weighted by Crippen LogP contribution is 2.46. The summed E-state index contributed by atoms with van der Waals surface area (Å²) in [6.07, 6.45) is -2.62. The van der Waals surface area contributed by atoms with Crippen LogP contribution in [-0.4, -0.2) is 31.6 Å². The Labute approximate surface area is 131 Å². The molecule has 1 saturated carbocycles. The minimum atomic E-state index is -4.73. The number of rotatable bonds is 4. The van der Waals surface area contributed by atoms with Crippen molar-refractivity contribution in [3.05, 3.63) is 29.8 Å². The Balaban J connectivity index is 1.65. The van der Waals surface area contributed by atoms with Gasteiger partial charge in [0.05, 0.1) is 18.2 Å². The van der Waals surface area contributed by atoms with Crippen molar-refractivity contribution in [2.45, 2.75) is 37.2 Å². The van der Waals surface area contributed by atoms with Gasteiger partial charge >= 0.3 is 12.4 Å². The number of benzene rings is 1. The van der Waals surface area contributed by atoms with Gasteiger partial charge in [-0.15, -0.1) is 13.2 Å². The zero-order valence-electron chi connectivity index (χ0n) is 12.3. The van der Waals surface area contributed by atoms with Crippen LogP contribution < -0.4 is 15.4 Å². The summed E-state index contributed by atoms with van der Waals surface area (Å²) < 4.78 is 46.0. The molecule has 1 saturated heterocycles. The Hall–Kier alpha value is -1.96. The maximum atomic E-state index is 12.3. The normalized spacial score (nSPS) is 22.5. The number of urea groups is 1. The molecule has 1 atom stereocenters. The number of carbonyl (C=O) groups is 1. The standard InChI is InChI=1S/C15H17F3N2O3/c16-15(17,18)23-12-3-1-2-10(8-12)14(5-6-14)20-13(21)19-11-4-7-22-9-11/h1-3,8,11H,4-7,9H2,(H2,19,20,21)/t11-/m1/s1. The number of carbonyl (C=O) groups excluding carboxylic acids is 1. The highest BCUT2D eigenvalue weighted by Gasteiger charge is 2.46. The summed E-state index contributed by atoms with van der Waals surface area (Å²) in [5.74, 6) is -0.285. The van der Waals surface area contributed by atoms with E-state index in [1.54, 1.807) is 6.07 Å². The van der Waals surface area contributed by atoms with Crippen molar-refractivity contribution in [3.8, 4) is 5.75 Å². The van der Waals surface area contributed by atoms with Crippen LogP contribution in [0.4, 0.5) is 18.0 Å². The monoisotopic (exact) mass is 330 g/mol. The summed E-state index contributed by atoms with van der Waals surface area (Å²) in [6, 6.07) is 5.38. The van der Waals surface area contributed by atoms with Crippen LogP contribution in [0.5, 0.6) is 5.75 Å². The summed E-state index contributed by atoms with van der Waals surface area (Å²) in [7, 11) is 0. The lowest BCUT2D eigenvalue weighted by atomic mass is 10.0. The molecule has 2 amide bonds. The van der Waals surface area contributed by atoms with E-state index in [4.69, 9.17) is 4.74 Å². The second-order valence-electron chi connectivity index (χ2n) is 5.82. The minimum Gasteiger partial charge on any atom is -0.406 e. The van der Waals surface area contributed by atoms with E-state index in [-0.39, 0.29) is 17.8 Å². The molecular formula is C15H17F3N2O3. The number of hydrogen-bond donors (Lipinski definition) is 2. The van der Waals surface area contributed by atoms with Crippen LogP contribution in [0.25, 0.3) is 0 Å². The van der Waals surface area contributed by atoms with Crippen molar-refractivity contribution in [2.75, 3.05) is 13.2 Å². The molecule has 126 valence electrons. The van der Waals surface area contributed by atoms with E-state index in [1.165, 1.54) is 18.2 Å². The first-order valence-electron chi connectivity index (χ1n) is 7.39. The van der Waals surface area contributed by atoms with Gasteiger partial charge in [0.15, 0.2) is 0 Å². The molecule has 1 aliphatic carbocycles. The van der Waals surface area contributed by atoms with Gasteiger partial charge in [0.25, 0.3) is 0 Å². The predicted octanol–water partition coefficient (Wildman–Crippen LogP) is 2.66. The first kappa shape index (κ1) is 15.9. The molecule has 0 unspecified atom stereocenters. The fraction of sp³-hybridized carbons (Fsp3) is 0.533. The van der Waals surface area contributed by atoms with Crippen LogP contribution >= 0.6 is 0 Å². The van der Waals surface area contributed by atoms with Crippen LogP contribution in [0, 0.1) is 0 Å². The summed E-state index contributed by atoms with van der Waals surface area (Å²) in [4.78, 5) is 12.1. The third-order valence-corrected chi connectivity index (χ3v) is 3.99. The van der Waals surface area contributed by atoms with Crippen LogP contribution in [0.3, 0.4) is 0 Å². The third kappa shape index (κ3) is 4.07. The quantitative estimate of drug-likeness (QED) is 0.892. The van der Waals surface area contributed by atoms with Crippen molar-refractivity contribution in [2.24, 2.45) is 0 Å². The molecular weight excluding hydrogens is 313 g/mol. The van der Waals surface area contributed by atoms with Gasteiger partial charge in [-0.3, -0.25) is 0 Å². The molecule has 23 heavy (non-hydrogen) atoms. The van der Waals surface area contributed by atoms with E-state index in [9.17, 15) is 18.0 Å². The highest BCUT2D eigenvalue weighted by atomic mass is 19.4. The molecule has 0 bridgehead atoms. The van der Waals surface area contributed by atoms with Gasteiger partial charge in [0.2, 0.25) is 0 Å². The van der Waals surface area contributed by atoms with E-state index < -0.39 is 11.9 Å². The van der Waals surface area contributed by atoms with Gasteiger partial charge in [-0.25, -0.2) is 4.79 Å². The van der Waals surface area contributed by atoms with Crippen molar-refractivity contribution >= 4 is 6.03 Å². The number of alkyl halides is 3. The zero-order chi connectivity index (χ0) is 16.5. The topological polar surface area (TPSA) is 59.6 Å². The van der Waals surface area contributed by atoms with E-state index in [0.717, 1.165) is 6.42 Å². The summed E-state index contributed by atoms with van der Waals surface area (Å²) >= 11 is 0. The van der Waals surface area contributed by atoms with Crippen molar-refractivity contribution < 1.29 is 27.4 Å². The van der Waals surface area contributed by atoms with E-state index in [2.05, 4.69) is 15.4 Å². The first-order chi connectivity index (χ1) is 10.9.